The molecule has 2 aromatic heterocycles. The second-order valence-corrected chi connectivity index (χ2v) is 21.5. The zero-order chi connectivity index (χ0) is 67.1. The van der Waals surface area contributed by atoms with E-state index in [2.05, 4.69) is 52.4 Å². The van der Waals surface area contributed by atoms with Gasteiger partial charge in [0.1, 0.15) is 60.3 Å². The third-order valence-corrected chi connectivity index (χ3v) is 13.8. The second-order valence-electron chi connectivity index (χ2n) is 21.5. The zero-order valence-electron chi connectivity index (χ0n) is 51.5. The van der Waals surface area contributed by atoms with Crippen LogP contribution in [-0.4, -0.2) is 224 Å². The summed E-state index contributed by atoms with van der Waals surface area (Å²) < 4.78 is 59.1. The molecule has 0 bridgehead atoms. The first kappa shape index (κ1) is 69.5. The molecule has 6 heterocycles. The Bertz CT molecular complexity index is 3070. The van der Waals surface area contributed by atoms with Crippen LogP contribution in [-0.2, 0) is 131 Å². The number of fused-ring (bicyclic) bond motifs is 3. The summed E-state index contributed by atoms with van der Waals surface area (Å²) in [5, 5.41) is 63.2. The Labute approximate surface area is 522 Å². The number of nitrogens with one attached hydrogen (secondary N) is 4. The van der Waals surface area contributed by atoms with Gasteiger partial charge in [-0.1, -0.05) is 40.8 Å². The third-order valence-electron chi connectivity index (χ3n) is 13.8. The maximum absolute atomic E-state index is 13.6. The van der Waals surface area contributed by atoms with Crippen LogP contribution in [0.25, 0.3) is 11.4 Å². The molecule has 0 radical (unpaired) electrons. The minimum absolute atomic E-state index is 0.135. The molecule has 4 amide bonds. The van der Waals surface area contributed by atoms with E-state index in [-0.39, 0.29) is 60.7 Å². The van der Waals surface area contributed by atoms with Gasteiger partial charge >= 0.3 is 35.8 Å². The van der Waals surface area contributed by atoms with Crippen LogP contribution in [0, 0.1) is 15.8 Å². The number of esters is 6. The molecule has 3 aromatic rings. The number of hydrazine groups is 2. The number of nitrogens with zero attached hydrogens (tertiary/aromatic N) is 12. The molecule has 502 valence electrons. The fourth-order valence-corrected chi connectivity index (χ4v) is 10.0. The number of carbonyl (C=O) groups excluding carboxylic acids is 10. The predicted molar refractivity (Wildman–Crippen MR) is 294 cm³/mol. The van der Waals surface area contributed by atoms with Gasteiger partial charge < -0.3 is 88.7 Å². The van der Waals surface area contributed by atoms with E-state index in [9.17, 15) is 58.4 Å². The standard InChI is InChI=1S/C52H70N16O24/c1-26(69)55-41-47(87-32(7)75)45(85-30(5)73)37(20-81-28(3)71)89-50(41)91-61-67(79)63(9)18-39(77)53-16-35-43-44-36(58-60-66(44)23-52(22-65(43)59-57-35)24-83-49(84-25-52)34-14-12-11-13-15-34)17-54-40(78)19-64(10)68(80)62-92-51-42(56-27(2)70)48(88-33(8)76)46(86-31(6)74)38(90-51)21-82-29(4)72/h11-15,37-38,41-42,45-51H,16-25H2,1-10H3,(H,53,77)(H,54,78)(H,55,69)(H,56,70)/b67-61-,68-62-/t37-,38-,41-,42-,45-,46-,47-,48-,50+,51+/m1/s1. The highest BCUT2D eigenvalue weighted by atomic mass is 16.8. The molecule has 4 aliphatic heterocycles. The summed E-state index contributed by atoms with van der Waals surface area (Å²) in [5.74, 6) is -7.92. The van der Waals surface area contributed by atoms with Crippen molar-refractivity contribution in [3.8, 4) is 11.4 Å². The van der Waals surface area contributed by atoms with Crippen molar-refractivity contribution in [2.24, 2.45) is 16.0 Å². The first-order chi connectivity index (χ1) is 43.6. The van der Waals surface area contributed by atoms with Crippen LogP contribution in [0.15, 0.2) is 40.9 Å². The lowest BCUT2D eigenvalue weighted by Crippen LogP contribution is -2.66. The summed E-state index contributed by atoms with van der Waals surface area (Å²) in [6, 6.07) is 6.30. The van der Waals surface area contributed by atoms with Crippen LogP contribution in [0.3, 0.4) is 0 Å². The van der Waals surface area contributed by atoms with Gasteiger partial charge in [-0.3, -0.25) is 47.9 Å². The molecule has 92 heavy (non-hydrogen) atoms. The fourth-order valence-electron chi connectivity index (χ4n) is 10.0. The van der Waals surface area contributed by atoms with Gasteiger partial charge in [-0.2, -0.15) is 0 Å². The van der Waals surface area contributed by atoms with E-state index < -0.39 is 159 Å². The smallest absolute Gasteiger partial charge is 0.303 e. The number of hydrogen-bond acceptors (Lipinski definition) is 30. The summed E-state index contributed by atoms with van der Waals surface area (Å²) in [6.45, 7) is 6.00. The Morgan fingerprint density at radius 1 is 0.587 bits per heavy atom. The Kier molecular flexibility index (Phi) is 23.6. The van der Waals surface area contributed by atoms with E-state index in [0.29, 0.717) is 11.4 Å². The largest absolute Gasteiger partial charge is 0.569 e. The van der Waals surface area contributed by atoms with Crippen LogP contribution >= 0.6 is 0 Å². The quantitative estimate of drug-likeness (QED) is 0.0221. The molecule has 10 atom stereocenters. The molecule has 1 aromatic carbocycles. The molecule has 4 aliphatic rings. The third kappa shape index (κ3) is 18.6. The SMILES string of the molecule is CC(=O)N[C@H]1[C@H](O/N=[N+](\[O-])N(C)CC(=O)NCc2nnn3c2-c2c(CNC(=O)CN(C)/[N+]([O-])=N/O[C@@H]4O[C@H](COC(C)=O)[C@@H](OC(C)=O)[C@H](OC(C)=O)[C@H]4NC(C)=O)nnn2CC2(COC(c4ccccc4)OC2)C3)O[C@H](COC(C)=O)[C@@H](OC(C)=O)[C@@H]1OC(C)=O. The van der Waals surface area contributed by atoms with E-state index >= 15 is 0 Å². The normalized spacial score (nSPS) is 25.1. The summed E-state index contributed by atoms with van der Waals surface area (Å²) in [7, 11) is 2.34. The molecule has 0 unspecified atom stereocenters. The molecule has 4 N–H and O–H groups in total. The summed E-state index contributed by atoms with van der Waals surface area (Å²) in [4.78, 5) is 135. The average molecular weight is 1300 g/mol. The van der Waals surface area contributed by atoms with Crippen LogP contribution in [0.5, 0.6) is 0 Å². The molecular formula is C52H70N16O24. The Hall–Kier alpha value is -9.96. The number of likely N-dealkylation sites (N-methyl/N-ethyl adjacent to an activating group) is 2. The Morgan fingerprint density at radius 3 is 1.33 bits per heavy atom. The number of aromatic nitrogens is 6. The number of amides is 4. The molecule has 40 heteroatoms. The molecule has 0 aliphatic carbocycles. The van der Waals surface area contributed by atoms with Gasteiger partial charge in [-0.05, 0) is 0 Å². The molecule has 1 spiro atoms. The van der Waals surface area contributed by atoms with Gasteiger partial charge in [-0.25, -0.2) is 9.36 Å². The predicted octanol–water partition coefficient (Wildman–Crippen LogP) is -2.69. The van der Waals surface area contributed by atoms with Crippen molar-refractivity contribution in [1.29, 1.82) is 0 Å². The first-order valence-corrected chi connectivity index (χ1v) is 28.2. The molecular weight excluding hydrogens is 1230 g/mol. The Morgan fingerprint density at radius 2 is 0.967 bits per heavy atom. The van der Waals surface area contributed by atoms with Gasteiger partial charge in [0, 0.05) is 61.0 Å². The molecule has 0 saturated carbocycles. The van der Waals surface area contributed by atoms with Crippen LogP contribution in [0.1, 0.15) is 78.6 Å². The summed E-state index contributed by atoms with van der Waals surface area (Å²) >= 11 is 0. The summed E-state index contributed by atoms with van der Waals surface area (Å²) in [6.07, 6.45) is -13.0. The van der Waals surface area contributed by atoms with Crippen LogP contribution in [0.2, 0.25) is 0 Å². The summed E-state index contributed by atoms with van der Waals surface area (Å²) in [5.41, 5.74) is 0.871. The lowest BCUT2D eigenvalue weighted by Gasteiger charge is -2.43. The van der Waals surface area contributed by atoms with Crippen molar-refractivity contribution in [3.05, 3.63) is 57.7 Å². The van der Waals surface area contributed by atoms with Gasteiger partial charge in [0.05, 0.1) is 68.8 Å². The van der Waals surface area contributed by atoms with E-state index in [4.69, 9.17) is 57.0 Å². The topological polar surface area (TPSA) is 474 Å². The highest BCUT2D eigenvalue weighted by Gasteiger charge is 2.54. The number of rotatable bonds is 25. The maximum atomic E-state index is 13.6. The molecule has 40 nitrogen and oxygen atoms in total. The van der Waals surface area contributed by atoms with Gasteiger partial charge in [-0.15, -0.1) is 20.2 Å². The highest BCUT2D eigenvalue weighted by molar-refractivity contribution is 5.79. The van der Waals surface area contributed by atoms with Crippen molar-refractivity contribution in [1.82, 2.24) is 61.3 Å². The van der Waals surface area contributed by atoms with Crippen molar-refractivity contribution >= 4 is 59.4 Å². The Balaban J connectivity index is 1.06. The van der Waals surface area contributed by atoms with Crippen molar-refractivity contribution in [3.63, 3.8) is 0 Å². The molecule has 3 saturated heterocycles. The number of benzene rings is 1. The minimum atomic E-state index is -1.76. The zero-order valence-corrected chi connectivity index (χ0v) is 51.5. The second kappa shape index (κ2) is 31.2. The fraction of sp³-hybridized carbons (Fsp3) is 0.615. The number of carbonyl (C=O) groups is 10. The number of hydrogen-bond donors (Lipinski definition) is 4. The van der Waals surface area contributed by atoms with Crippen molar-refractivity contribution in [2.75, 3.05) is 53.6 Å². The first-order valence-electron chi connectivity index (χ1n) is 28.2. The van der Waals surface area contributed by atoms with E-state index in [1.165, 1.54) is 14.1 Å². The van der Waals surface area contributed by atoms with Crippen molar-refractivity contribution in [2.45, 2.75) is 149 Å². The highest BCUT2D eigenvalue weighted by Crippen LogP contribution is 2.40. The van der Waals surface area contributed by atoms with Crippen LogP contribution < -0.4 is 21.3 Å². The van der Waals surface area contributed by atoms with E-state index in [0.717, 1.165) is 71.0 Å². The minimum Gasteiger partial charge on any atom is -0.569 e. The van der Waals surface area contributed by atoms with E-state index in [1.807, 2.05) is 30.3 Å². The molecule has 7 rings (SSSR count). The van der Waals surface area contributed by atoms with E-state index in [1.54, 1.807) is 9.36 Å². The number of ether oxygens (including phenoxy) is 10. The monoisotopic (exact) mass is 1300 g/mol. The van der Waals surface area contributed by atoms with Gasteiger partial charge in [0.15, 0.2) is 43.8 Å². The van der Waals surface area contributed by atoms with Crippen LogP contribution in [0.4, 0.5) is 0 Å². The lowest BCUT2D eigenvalue weighted by molar-refractivity contribution is -0.706. The maximum Gasteiger partial charge on any atom is 0.303 e. The lowest BCUT2D eigenvalue weighted by atomic mass is 9.89. The van der Waals surface area contributed by atoms with Crippen molar-refractivity contribution < 1.29 is 115 Å². The van der Waals surface area contributed by atoms with Gasteiger partial charge in [0.2, 0.25) is 34.2 Å². The molecule has 3 fully saturated rings. The average Bonchev–Trinajstić information content (AvgIpc) is 1.55. The van der Waals surface area contributed by atoms with Gasteiger partial charge in [0.25, 0.3) is 12.6 Å².